The fraction of sp³-hybridized carbons (Fsp3) is 0.462. The summed E-state index contributed by atoms with van der Waals surface area (Å²) < 4.78 is 10.9. The number of rotatable bonds is 4. The second-order valence-corrected chi connectivity index (χ2v) is 4.92. The minimum Gasteiger partial charge on any atom is -0.496 e. The summed E-state index contributed by atoms with van der Waals surface area (Å²) in [5, 5.41) is 11.6. The average Bonchev–Trinajstić information content (AvgIpc) is 2.34. The van der Waals surface area contributed by atoms with Gasteiger partial charge in [0.1, 0.15) is 5.75 Å². The smallest absolute Gasteiger partial charge is 0.173 e. The topological polar surface area (TPSA) is 77.1 Å². The number of oxime groups is 1. The van der Waals surface area contributed by atoms with Crippen LogP contribution in [-0.4, -0.2) is 23.8 Å². The number of amidine groups is 1. The van der Waals surface area contributed by atoms with E-state index in [2.05, 4.69) is 5.16 Å². The van der Waals surface area contributed by atoms with Gasteiger partial charge in [-0.3, -0.25) is 0 Å². The fourth-order valence-electron chi connectivity index (χ4n) is 1.39. The molecule has 1 rings (SSSR count). The van der Waals surface area contributed by atoms with E-state index >= 15 is 0 Å². The van der Waals surface area contributed by atoms with Gasteiger partial charge in [0, 0.05) is 0 Å². The molecule has 0 bridgehead atoms. The van der Waals surface area contributed by atoms with Crippen molar-refractivity contribution in [2.45, 2.75) is 33.0 Å². The first kappa shape index (κ1) is 14.3. The number of ether oxygens (including phenoxy) is 2. The molecule has 0 heterocycles. The molecule has 0 saturated carbocycles. The van der Waals surface area contributed by atoms with E-state index in [0.717, 1.165) is 5.56 Å². The Kier molecular flexibility index (Phi) is 4.55. The highest BCUT2D eigenvalue weighted by Gasteiger charge is 2.12. The van der Waals surface area contributed by atoms with Crippen LogP contribution in [0.5, 0.6) is 5.75 Å². The predicted octanol–water partition coefficient (Wildman–Crippen LogP) is 2.10. The maximum absolute atomic E-state index is 8.67. The molecule has 0 radical (unpaired) electrons. The lowest BCUT2D eigenvalue weighted by molar-refractivity contribution is -0.0150. The zero-order chi connectivity index (χ0) is 13.8. The summed E-state index contributed by atoms with van der Waals surface area (Å²) in [6.07, 6.45) is 0. The van der Waals surface area contributed by atoms with Crippen LogP contribution in [0.2, 0.25) is 0 Å². The van der Waals surface area contributed by atoms with Crippen molar-refractivity contribution >= 4 is 5.84 Å². The maximum atomic E-state index is 8.67. The van der Waals surface area contributed by atoms with Crippen molar-refractivity contribution in [2.75, 3.05) is 7.11 Å². The molecule has 1 aromatic rings. The molecule has 100 valence electrons. The lowest BCUT2D eigenvalue weighted by atomic mass is 10.1. The van der Waals surface area contributed by atoms with Gasteiger partial charge in [-0.05, 0) is 38.5 Å². The van der Waals surface area contributed by atoms with E-state index in [9.17, 15) is 0 Å². The first-order chi connectivity index (χ1) is 8.37. The maximum Gasteiger partial charge on any atom is 0.173 e. The molecule has 3 N–H and O–H groups in total. The van der Waals surface area contributed by atoms with Gasteiger partial charge in [-0.1, -0.05) is 11.2 Å². The van der Waals surface area contributed by atoms with Crippen LogP contribution in [0, 0.1) is 0 Å². The first-order valence-electron chi connectivity index (χ1n) is 5.66. The standard InChI is InChI=1S/C13H20N2O3/c1-13(2,3)18-8-9-5-6-10(12(14)15-16)11(7-9)17-4/h5-7,16H,8H2,1-4H3,(H2,14,15). The molecule has 18 heavy (non-hydrogen) atoms. The van der Waals surface area contributed by atoms with E-state index in [1.807, 2.05) is 32.9 Å². The van der Waals surface area contributed by atoms with Gasteiger partial charge in [0.15, 0.2) is 5.84 Å². The third kappa shape index (κ3) is 3.92. The van der Waals surface area contributed by atoms with E-state index in [1.165, 1.54) is 7.11 Å². The van der Waals surface area contributed by atoms with Gasteiger partial charge in [-0.2, -0.15) is 0 Å². The van der Waals surface area contributed by atoms with Gasteiger partial charge in [-0.15, -0.1) is 0 Å². The van der Waals surface area contributed by atoms with Crippen molar-refractivity contribution in [3.63, 3.8) is 0 Å². The van der Waals surface area contributed by atoms with Crippen LogP contribution in [0.15, 0.2) is 23.4 Å². The number of methoxy groups -OCH3 is 1. The summed E-state index contributed by atoms with van der Waals surface area (Å²) in [6, 6.07) is 5.43. The highest BCUT2D eigenvalue weighted by molar-refractivity contribution is 5.99. The van der Waals surface area contributed by atoms with Crippen LogP contribution >= 0.6 is 0 Å². The van der Waals surface area contributed by atoms with E-state index in [-0.39, 0.29) is 11.4 Å². The quantitative estimate of drug-likeness (QED) is 0.372. The van der Waals surface area contributed by atoms with Crippen LogP contribution in [0.1, 0.15) is 31.9 Å². The largest absolute Gasteiger partial charge is 0.496 e. The minimum absolute atomic E-state index is 0.0233. The van der Waals surface area contributed by atoms with Gasteiger partial charge in [0.2, 0.25) is 0 Å². The van der Waals surface area contributed by atoms with Gasteiger partial charge < -0.3 is 20.4 Å². The zero-order valence-corrected chi connectivity index (χ0v) is 11.2. The monoisotopic (exact) mass is 252 g/mol. The number of benzene rings is 1. The summed E-state index contributed by atoms with van der Waals surface area (Å²) in [4.78, 5) is 0. The fourth-order valence-corrected chi connectivity index (χ4v) is 1.39. The molecular formula is C13H20N2O3. The van der Waals surface area contributed by atoms with Crippen LogP contribution < -0.4 is 10.5 Å². The van der Waals surface area contributed by atoms with E-state index in [0.29, 0.717) is 17.9 Å². The van der Waals surface area contributed by atoms with Crippen LogP contribution in [0.4, 0.5) is 0 Å². The Morgan fingerprint density at radius 2 is 2.06 bits per heavy atom. The third-order valence-electron chi connectivity index (χ3n) is 2.32. The highest BCUT2D eigenvalue weighted by Crippen LogP contribution is 2.21. The Labute approximate surface area is 107 Å². The summed E-state index contributed by atoms with van der Waals surface area (Å²) in [5.74, 6) is 0.579. The predicted molar refractivity (Wildman–Crippen MR) is 70.0 cm³/mol. The summed E-state index contributed by atoms with van der Waals surface area (Å²) in [7, 11) is 1.54. The second-order valence-electron chi connectivity index (χ2n) is 4.92. The molecule has 0 aromatic heterocycles. The molecule has 0 unspecified atom stereocenters. The summed E-state index contributed by atoms with van der Waals surface area (Å²) in [5.41, 5.74) is 6.88. The number of nitrogens with two attached hydrogens (primary N) is 1. The van der Waals surface area contributed by atoms with Crippen molar-refractivity contribution in [1.82, 2.24) is 0 Å². The second kappa shape index (κ2) is 5.73. The molecule has 5 nitrogen and oxygen atoms in total. The molecule has 0 spiro atoms. The lowest BCUT2D eigenvalue weighted by Crippen LogP contribution is -2.19. The van der Waals surface area contributed by atoms with Crippen molar-refractivity contribution < 1.29 is 14.7 Å². The Hall–Kier alpha value is -1.75. The molecule has 5 heteroatoms. The number of nitrogens with zero attached hydrogens (tertiary/aromatic N) is 1. The Bertz CT molecular complexity index is 436. The normalized spacial score (nSPS) is 12.6. The Morgan fingerprint density at radius 1 is 1.39 bits per heavy atom. The van der Waals surface area contributed by atoms with E-state index < -0.39 is 0 Å². The minimum atomic E-state index is -0.197. The van der Waals surface area contributed by atoms with Crippen molar-refractivity contribution in [2.24, 2.45) is 10.9 Å². The van der Waals surface area contributed by atoms with Crippen molar-refractivity contribution in [1.29, 1.82) is 0 Å². The average molecular weight is 252 g/mol. The molecule has 0 fully saturated rings. The summed E-state index contributed by atoms with van der Waals surface area (Å²) in [6.45, 7) is 6.47. The molecule has 0 atom stereocenters. The van der Waals surface area contributed by atoms with Gasteiger partial charge in [0.25, 0.3) is 0 Å². The zero-order valence-electron chi connectivity index (χ0n) is 11.2. The van der Waals surface area contributed by atoms with E-state index in [4.69, 9.17) is 20.4 Å². The van der Waals surface area contributed by atoms with Crippen molar-refractivity contribution in [3.05, 3.63) is 29.3 Å². The van der Waals surface area contributed by atoms with E-state index in [1.54, 1.807) is 6.07 Å². The number of hydrogen-bond donors (Lipinski definition) is 2. The Morgan fingerprint density at radius 3 is 2.56 bits per heavy atom. The van der Waals surface area contributed by atoms with Gasteiger partial charge >= 0.3 is 0 Å². The first-order valence-corrected chi connectivity index (χ1v) is 5.66. The van der Waals surface area contributed by atoms with Gasteiger partial charge in [0.05, 0.1) is 24.9 Å². The summed E-state index contributed by atoms with van der Waals surface area (Å²) >= 11 is 0. The molecule has 1 aromatic carbocycles. The number of hydrogen-bond acceptors (Lipinski definition) is 4. The van der Waals surface area contributed by atoms with Crippen LogP contribution in [0.25, 0.3) is 0 Å². The molecule has 0 aliphatic heterocycles. The van der Waals surface area contributed by atoms with Crippen molar-refractivity contribution in [3.8, 4) is 5.75 Å². The Balaban J connectivity index is 2.92. The molecule has 0 amide bonds. The molecular weight excluding hydrogens is 232 g/mol. The molecule has 0 aliphatic carbocycles. The van der Waals surface area contributed by atoms with Crippen LogP contribution in [0.3, 0.4) is 0 Å². The van der Waals surface area contributed by atoms with Crippen LogP contribution in [-0.2, 0) is 11.3 Å². The molecule has 0 saturated heterocycles. The SMILES string of the molecule is COc1cc(COC(C)(C)C)ccc1/C(N)=N/O. The highest BCUT2D eigenvalue weighted by atomic mass is 16.5. The lowest BCUT2D eigenvalue weighted by Gasteiger charge is -2.20. The van der Waals surface area contributed by atoms with Gasteiger partial charge in [-0.25, -0.2) is 0 Å². The molecule has 0 aliphatic rings. The third-order valence-corrected chi connectivity index (χ3v) is 2.32.